The van der Waals surface area contributed by atoms with Gasteiger partial charge >= 0.3 is 8.80 Å². The highest BCUT2D eigenvalue weighted by molar-refractivity contribution is 8.93. The summed E-state index contributed by atoms with van der Waals surface area (Å²) in [6.07, 6.45) is 1.12. The van der Waals surface area contributed by atoms with Gasteiger partial charge in [0.05, 0.1) is 11.7 Å². The van der Waals surface area contributed by atoms with Crippen LogP contribution in [0.3, 0.4) is 0 Å². The van der Waals surface area contributed by atoms with Crippen molar-refractivity contribution in [1.82, 2.24) is 10.6 Å². The molecule has 2 atom stereocenters. The van der Waals surface area contributed by atoms with Crippen molar-refractivity contribution >= 4 is 37.4 Å². The van der Waals surface area contributed by atoms with Crippen LogP contribution in [-0.2, 0) is 13.3 Å². The topological polar surface area (TPSA) is 51.8 Å². The first-order valence-corrected chi connectivity index (χ1v) is 8.15. The lowest BCUT2D eigenvalue weighted by atomic mass is 10.4. The Morgan fingerprint density at radius 1 is 1.11 bits per heavy atom. The summed E-state index contributed by atoms with van der Waals surface area (Å²) < 4.78 is 16.0. The fourth-order valence-electron chi connectivity index (χ4n) is 1.58. The van der Waals surface area contributed by atoms with Gasteiger partial charge in [-0.1, -0.05) is 0 Å². The van der Waals surface area contributed by atoms with Gasteiger partial charge in [-0.25, -0.2) is 0 Å². The predicted molar refractivity (Wildman–Crippen MR) is 82.4 cm³/mol. The molecule has 5 nitrogen and oxygen atoms in total. The third kappa shape index (κ3) is 8.81. The highest BCUT2D eigenvalue weighted by Crippen LogP contribution is 2.14. The molecular weight excluding hydrogens is 340 g/mol. The van der Waals surface area contributed by atoms with Crippen molar-refractivity contribution in [3.05, 3.63) is 0 Å². The van der Waals surface area contributed by atoms with Crippen LogP contribution < -0.4 is 10.6 Å². The van der Waals surface area contributed by atoms with Gasteiger partial charge in [0, 0.05) is 27.4 Å². The lowest BCUT2D eigenvalue weighted by molar-refractivity contribution is 0.123. The molecule has 0 amide bonds. The number of hydrogen-bond donors (Lipinski definition) is 2. The van der Waals surface area contributed by atoms with E-state index in [2.05, 4.69) is 10.6 Å². The summed E-state index contributed by atoms with van der Waals surface area (Å²) in [6.45, 7) is 4.80. The smallest absolute Gasteiger partial charge is 0.377 e. The molecular formula is C10H26BrClN2O3Si. The molecule has 0 saturated heterocycles. The van der Waals surface area contributed by atoms with Gasteiger partial charge in [0.2, 0.25) is 0 Å². The number of halogens is 2. The molecule has 0 aromatic carbocycles. The fourth-order valence-corrected chi connectivity index (χ4v) is 3.49. The molecule has 2 unspecified atom stereocenters. The van der Waals surface area contributed by atoms with Crippen LogP contribution in [0.4, 0.5) is 0 Å². The molecule has 0 spiro atoms. The zero-order valence-corrected chi connectivity index (χ0v) is 15.3. The number of nitrogens with one attached hydrogen (secondary N) is 2. The Kier molecular flexibility index (Phi) is 13.6. The summed E-state index contributed by atoms with van der Waals surface area (Å²) in [5.74, 6) is 0. The van der Waals surface area contributed by atoms with Crippen LogP contribution in [-0.4, -0.2) is 48.3 Å². The normalized spacial score (nSPS) is 15.0. The summed E-state index contributed by atoms with van der Waals surface area (Å²) in [4.78, 5) is 0. The summed E-state index contributed by atoms with van der Waals surface area (Å²) in [6, 6.07) is 0.798. The van der Waals surface area contributed by atoms with E-state index in [9.17, 15) is 0 Å². The second-order valence-corrected chi connectivity index (χ2v) is 7.60. The predicted octanol–water partition coefficient (Wildman–Crippen LogP) is 1.94. The zero-order chi connectivity index (χ0) is 13.3. The molecule has 0 aromatic rings. The maximum atomic E-state index is 5.82. The van der Waals surface area contributed by atoms with Crippen LogP contribution in [0, 0.1) is 0 Å². The molecule has 0 aromatic heterocycles. The van der Waals surface area contributed by atoms with Crippen molar-refractivity contribution < 1.29 is 13.3 Å². The fraction of sp³-hybridized carbons (Fsp3) is 1.00. The lowest BCUT2D eigenvalue weighted by Crippen LogP contribution is -2.45. The third-order valence-electron chi connectivity index (χ3n) is 2.52. The molecule has 0 radical (unpaired) electrons. The van der Waals surface area contributed by atoms with E-state index < -0.39 is 8.80 Å². The average Bonchev–Trinajstić information content (AvgIpc) is 2.29. The largest absolute Gasteiger partial charge is 0.500 e. The Hall–Kier alpha value is 0.787. The van der Waals surface area contributed by atoms with Crippen LogP contribution in [0.5, 0.6) is 0 Å². The van der Waals surface area contributed by atoms with E-state index in [1.165, 1.54) is 0 Å². The van der Waals surface area contributed by atoms with Gasteiger partial charge in [0.1, 0.15) is 0 Å². The summed E-state index contributed by atoms with van der Waals surface area (Å²) in [5, 5.41) is 6.47. The monoisotopic (exact) mass is 364 g/mol. The molecule has 0 fully saturated rings. The number of alkyl halides is 1. The van der Waals surface area contributed by atoms with Crippen LogP contribution in [0.15, 0.2) is 0 Å². The van der Waals surface area contributed by atoms with Gasteiger partial charge in [-0.15, -0.1) is 28.6 Å². The van der Waals surface area contributed by atoms with Crippen molar-refractivity contribution in [2.24, 2.45) is 0 Å². The molecule has 0 heterocycles. The first-order valence-electron chi connectivity index (χ1n) is 5.78. The minimum Gasteiger partial charge on any atom is -0.377 e. The summed E-state index contributed by atoms with van der Waals surface area (Å²) >= 11 is 5.82. The maximum absolute atomic E-state index is 5.82. The molecule has 2 N–H and O–H groups in total. The van der Waals surface area contributed by atoms with Crippen molar-refractivity contribution in [2.45, 2.75) is 38.0 Å². The highest BCUT2D eigenvalue weighted by Gasteiger charge is 2.36. The molecule has 0 rings (SSSR count). The van der Waals surface area contributed by atoms with Gasteiger partial charge < -0.3 is 18.6 Å². The zero-order valence-electron chi connectivity index (χ0n) is 11.8. The Labute approximate surface area is 127 Å². The second kappa shape index (κ2) is 11.6. The molecule has 112 valence electrons. The van der Waals surface area contributed by atoms with Crippen molar-refractivity contribution in [3.63, 3.8) is 0 Å². The Balaban J connectivity index is 0. The van der Waals surface area contributed by atoms with Gasteiger partial charge in [-0.3, -0.25) is 5.32 Å². The van der Waals surface area contributed by atoms with Gasteiger partial charge in [-0.2, -0.15) is 0 Å². The van der Waals surface area contributed by atoms with E-state index in [-0.39, 0.29) is 28.6 Å². The van der Waals surface area contributed by atoms with Gasteiger partial charge in [0.15, 0.2) is 0 Å². The third-order valence-corrected chi connectivity index (χ3v) is 5.48. The number of rotatable bonds is 10. The molecule has 0 aliphatic rings. The second-order valence-electron chi connectivity index (χ2n) is 3.86. The van der Waals surface area contributed by atoms with Crippen LogP contribution in [0.2, 0.25) is 6.04 Å². The van der Waals surface area contributed by atoms with Gasteiger partial charge in [0.25, 0.3) is 0 Å². The van der Waals surface area contributed by atoms with E-state index >= 15 is 0 Å². The standard InChI is InChI=1S/C10H25ClN2O3Si.BrH/c1-9(11)13-10(2)12-7-6-8-17(14-3,15-4)16-5;/h9-10,12-13H,6-8H2,1-5H3;1H. The first kappa shape index (κ1) is 21.1. The van der Waals surface area contributed by atoms with E-state index in [0.29, 0.717) is 0 Å². The van der Waals surface area contributed by atoms with E-state index in [4.69, 9.17) is 24.9 Å². The number of hydrogen-bond acceptors (Lipinski definition) is 5. The Morgan fingerprint density at radius 3 is 2.00 bits per heavy atom. The Morgan fingerprint density at radius 2 is 1.61 bits per heavy atom. The van der Waals surface area contributed by atoms with Crippen LogP contribution in [0.1, 0.15) is 20.3 Å². The first-order chi connectivity index (χ1) is 7.99. The molecule has 8 heteroatoms. The van der Waals surface area contributed by atoms with E-state index in [1.54, 1.807) is 21.3 Å². The van der Waals surface area contributed by atoms with E-state index in [1.807, 2.05) is 13.8 Å². The molecule has 0 saturated carbocycles. The van der Waals surface area contributed by atoms with E-state index in [0.717, 1.165) is 19.0 Å². The van der Waals surface area contributed by atoms with Crippen molar-refractivity contribution in [3.8, 4) is 0 Å². The molecule has 18 heavy (non-hydrogen) atoms. The highest BCUT2D eigenvalue weighted by atomic mass is 79.9. The maximum Gasteiger partial charge on any atom is 0.500 e. The average molecular weight is 366 g/mol. The molecule has 0 aliphatic carbocycles. The van der Waals surface area contributed by atoms with Crippen molar-refractivity contribution in [1.29, 1.82) is 0 Å². The minimum absolute atomic E-state index is 0. The summed E-state index contributed by atoms with van der Waals surface area (Å²) in [7, 11) is 2.48. The SMILES string of the molecule is Br.CO[Si](CCCNC(C)NC(C)Cl)(OC)OC. The lowest BCUT2D eigenvalue weighted by Gasteiger charge is -2.24. The van der Waals surface area contributed by atoms with Crippen LogP contribution >= 0.6 is 28.6 Å². The van der Waals surface area contributed by atoms with Crippen LogP contribution in [0.25, 0.3) is 0 Å². The van der Waals surface area contributed by atoms with Gasteiger partial charge in [-0.05, 0) is 26.8 Å². The Bertz CT molecular complexity index is 192. The molecule has 0 aliphatic heterocycles. The summed E-state index contributed by atoms with van der Waals surface area (Å²) in [5.41, 5.74) is -0.0390. The molecule has 0 bridgehead atoms. The van der Waals surface area contributed by atoms with Crippen molar-refractivity contribution in [2.75, 3.05) is 27.9 Å². The minimum atomic E-state index is -2.41. The quantitative estimate of drug-likeness (QED) is 0.204.